The second-order valence-electron chi connectivity index (χ2n) is 2.86. The summed E-state index contributed by atoms with van der Waals surface area (Å²) < 4.78 is 0. The molecule has 1 heterocycles. The number of pyridine rings is 1. The Balaban J connectivity index is 2.62. The lowest BCUT2D eigenvalue weighted by molar-refractivity contribution is -0.387. The zero-order valence-corrected chi connectivity index (χ0v) is 7.27. The van der Waals surface area contributed by atoms with Gasteiger partial charge in [-0.15, -0.1) is 0 Å². The fourth-order valence-electron chi connectivity index (χ4n) is 1.11. The lowest BCUT2D eigenvalue weighted by Gasteiger charge is -2.13. The molecule has 3 N–H and O–H groups in total. The number of nitrogens with zero attached hydrogens (tertiary/aromatic N) is 1. The Bertz CT molecular complexity index is 274. The van der Waals surface area contributed by atoms with Gasteiger partial charge < -0.3 is 15.6 Å². The maximum absolute atomic E-state index is 10.6. The summed E-state index contributed by atoms with van der Waals surface area (Å²) in [7, 11) is 0. The van der Waals surface area contributed by atoms with Crippen LogP contribution in [0.15, 0.2) is 24.5 Å². The number of quaternary nitrogens is 1. The van der Waals surface area contributed by atoms with E-state index in [2.05, 4.69) is 10.7 Å². The zero-order valence-electron chi connectivity index (χ0n) is 7.27. The van der Waals surface area contributed by atoms with Crippen LogP contribution in [0, 0.1) is 5.92 Å². The highest BCUT2D eigenvalue weighted by molar-refractivity contribution is 5.68. The Morgan fingerprint density at radius 2 is 2.15 bits per heavy atom. The van der Waals surface area contributed by atoms with Crippen LogP contribution < -0.4 is 10.8 Å². The van der Waals surface area contributed by atoms with Crippen LogP contribution >= 0.6 is 0 Å². The first-order valence-corrected chi connectivity index (χ1v) is 4.13. The second-order valence-corrected chi connectivity index (χ2v) is 2.86. The lowest BCUT2D eigenvalue weighted by Crippen LogP contribution is -2.57. The molecular formula is C9H12N2O2. The van der Waals surface area contributed by atoms with E-state index in [1.165, 1.54) is 0 Å². The average molecular weight is 180 g/mol. The fourth-order valence-corrected chi connectivity index (χ4v) is 1.11. The minimum absolute atomic E-state index is 0.352. The lowest BCUT2D eigenvalue weighted by atomic mass is 10.0. The summed E-state index contributed by atoms with van der Waals surface area (Å²) in [5.41, 5.74) is 4.52. The number of carbonyl (C=O) groups excluding carboxylic acids is 1. The third kappa shape index (κ3) is 2.83. The van der Waals surface area contributed by atoms with Crippen LogP contribution in [0.5, 0.6) is 0 Å². The molecule has 0 unspecified atom stereocenters. The quantitative estimate of drug-likeness (QED) is 0.595. The molecule has 1 atom stereocenters. The van der Waals surface area contributed by atoms with E-state index in [1.54, 1.807) is 24.5 Å². The first-order valence-electron chi connectivity index (χ1n) is 4.13. The molecule has 0 aliphatic carbocycles. The van der Waals surface area contributed by atoms with Crippen molar-refractivity contribution < 1.29 is 15.6 Å². The molecule has 13 heavy (non-hydrogen) atoms. The van der Waals surface area contributed by atoms with Crippen molar-refractivity contribution in [2.75, 3.05) is 6.54 Å². The van der Waals surface area contributed by atoms with Crippen LogP contribution in [0.2, 0.25) is 0 Å². The first-order chi connectivity index (χ1) is 6.24. The molecule has 0 aromatic carbocycles. The van der Waals surface area contributed by atoms with E-state index in [0.717, 1.165) is 5.56 Å². The maximum atomic E-state index is 10.6. The molecule has 0 fully saturated rings. The summed E-state index contributed by atoms with van der Waals surface area (Å²) in [5.74, 6) is -1.53. The van der Waals surface area contributed by atoms with E-state index in [-0.39, 0.29) is 0 Å². The highest BCUT2D eigenvalue weighted by Crippen LogP contribution is 2.05. The minimum Gasteiger partial charge on any atom is -0.550 e. The van der Waals surface area contributed by atoms with Gasteiger partial charge in [-0.1, -0.05) is 0 Å². The van der Waals surface area contributed by atoms with Crippen LogP contribution in [0.25, 0.3) is 0 Å². The predicted octanol–water partition coefficient (Wildman–Crippen LogP) is -1.77. The number of rotatable bonds is 4. The van der Waals surface area contributed by atoms with Gasteiger partial charge in [0.1, 0.15) is 0 Å². The van der Waals surface area contributed by atoms with Gasteiger partial charge in [-0.2, -0.15) is 0 Å². The minimum atomic E-state index is -1.04. The summed E-state index contributed by atoms with van der Waals surface area (Å²) in [6, 6.07) is 3.59. The molecular weight excluding hydrogens is 168 g/mol. The van der Waals surface area contributed by atoms with E-state index in [4.69, 9.17) is 0 Å². The van der Waals surface area contributed by atoms with Crippen molar-refractivity contribution in [3.05, 3.63) is 30.1 Å². The molecule has 1 aromatic heterocycles. The third-order valence-corrected chi connectivity index (χ3v) is 1.91. The van der Waals surface area contributed by atoms with E-state index in [0.29, 0.717) is 13.0 Å². The van der Waals surface area contributed by atoms with Crippen LogP contribution in [-0.4, -0.2) is 17.5 Å². The molecule has 0 amide bonds. The zero-order chi connectivity index (χ0) is 9.68. The Labute approximate surface area is 76.4 Å². The first kappa shape index (κ1) is 9.67. The maximum Gasteiger partial charge on any atom is 0.0824 e. The van der Waals surface area contributed by atoms with Gasteiger partial charge in [0.2, 0.25) is 0 Å². The fraction of sp³-hybridized carbons (Fsp3) is 0.333. The molecule has 0 radical (unpaired) electrons. The normalized spacial score (nSPS) is 12.4. The molecule has 4 nitrogen and oxygen atoms in total. The summed E-state index contributed by atoms with van der Waals surface area (Å²) >= 11 is 0. The van der Waals surface area contributed by atoms with Gasteiger partial charge in [0.15, 0.2) is 0 Å². The Morgan fingerprint density at radius 1 is 1.54 bits per heavy atom. The number of hydrogen-bond acceptors (Lipinski definition) is 3. The Kier molecular flexibility index (Phi) is 3.40. The van der Waals surface area contributed by atoms with Gasteiger partial charge in [0, 0.05) is 12.4 Å². The smallest absolute Gasteiger partial charge is 0.0824 e. The molecule has 4 heteroatoms. The molecule has 0 bridgehead atoms. The van der Waals surface area contributed by atoms with E-state index < -0.39 is 11.9 Å². The predicted molar refractivity (Wildman–Crippen MR) is 44.2 cm³/mol. The second kappa shape index (κ2) is 4.57. The number of aliphatic carboxylic acids is 1. The average Bonchev–Trinajstić information content (AvgIpc) is 2.15. The van der Waals surface area contributed by atoms with Crippen molar-refractivity contribution in [1.29, 1.82) is 0 Å². The Hall–Kier alpha value is -1.42. The van der Waals surface area contributed by atoms with Gasteiger partial charge in [0.05, 0.1) is 18.4 Å². The van der Waals surface area contributed by atoms with Crippen molar-refractivity contribution in [1.82, 2.24) is 4.98 Å². The van der Waals surface area contributed by atoms with Crippen molar-refractivity contribution in [3.8, 4) is 0 Å². The summed E-state index contributed by atoms with van der Waals surface area (Å²) in [6.45, 7) is 0.352. The Morgan fingerprint density at radius 3 is 2.62 bits per heavy atom. The van der Waals surface area contributed by atoms with Gasteiger partial charge in [-0.05, 0) is 24.1 Å². The van der Waals surface area contributed by atoms with Gasteiger partial charge >= 0.3 is 0 Å². The van der Waals surface area contributed by atoms with E-state index >= 15 is 0 Å². The van der Waals surface area contributed by atoms with Crippen molar-refractivity contribution >= 4 is 5.97 Å². The van der Waals surface area contributed by atoms with Gasteiger partial charge in [-0.25, -0.2) is 0 Å². The van der Waals surface area contributed by atoms with Crippen LogP contribution in [0.3, 0.4) is 0 Å². The molecule has 0 aliphatic rings. The summed E-state index contributed by atoms with van der Waals surface area (Å²) in [5, 5.41) is 10.6. The molecule has 0 aliphatic heterocycles. The van der Waals surface area contributed by atoms with Crippen molar-refractivity contribution in [3.63, 3.8) is 0 Å². The molecule has 70 valence electrons. The van der Waals surface area contributed by atoms with Crippen LogP contribution in [-0.2, 0) is 11.2 Å². The monoisotopic (exact) mass is 180 g/mol. The number of carboxylic acid groups (broad SMARTS) is 1. The highest BCUT2D eigenvalue weighted by Gasteiger charge is 2.10. The molecule has 0 saturated heterocycles. The molecule has 0 saturated carbocycles. The van der Waals surface area contributed by atoms with Gasteiger partial charge in [0.25, 0.3) is 0 Å². The highest BCUT2D eigenvalue weighted by atomic mass is 16.4. The molecule has 0 spiro atoms. The number of hydrogen-bond donors (Lipinski definition) is 1. The molecule has 1 aromatic rings. The van der Waals surface area contributed by atoms with E-state index in [9.17, 15) is 9.90 Å². The van der Waals surface area contributed by atoms with E-state index in [1.807, 2.05) is 0 Å². The molecule has 1 rings (SSSR count). The largest absolute Gasteiger partial charge is 0.550 e. The van der Waals surface area contributed by atoms with Crippen molar-refractivity contribution in [2.45, 2.75) is 6.42 Å². The third-order valence-electron chi connectivity index (χ3n) is 1.91. The summed E-state index contributed by atoms with van der Waals surface area (Å²) in [4.78, 5) is 14.4. The van der Waals surface area contributed by atoms with Crippen LogP contribution in [0.4, 0.5) is 0 Å². The topological polar surface area (TPSA) is 80.7 Å². The SMILES string of the molecule is [NH3+]C[C@@H](Cc1ccncc1)C(=O)[O-]. The standard InChI is InChI=1S/C9H12N2O2/c10-6-8(9(12)13)5-7-1-3-11-4-2-7/h1-4,8H,5-6,10H2,(H,12,13)/t8-/m1/s1. The van der Waals surface area contributed by atoms with Crippen molar-refractivity contribution in [2.24, 2.45) is 5.92 Å². The number of carbonyl (C=O) groups is 1. The van der Waals surface area contributed by atoms with Gasteiger partial charge in [-0.3, -0.25) is 4.98 Å². The van der Waals surface area contributed by atoms with Crippen LogP contribution in [0.1, 0.15) is 5.56 Å². The number of carboxylic acids is 1. The number of aromatic nitrogens is 1. The summed E-state index contributed by atoms with van der Waals surface area (Å²) in [6.07, 6.45) is 3.75.